The van der Waals surface area contributed by atoms with Gasteiger partial charge in [-0.25, -0.2) is 8.42 Å². The summed E-state index contributed by atoms with van der Waals surface area (Å²) in [6.45, 7) is 6.24. The van der Waals surface area contributed by atoms with E-state index in [1.54, 1.807) is 24.0 Å². The summed E-state index contributed by atoms with van der Waals surface area (Å²) in [7, 11) is -3.65. The number of ketones is 1. The van der Waals surface area contributed by atoms with Crippen molar-refractivity contribution in [2.24, 2.45) is 0 Å². The lowest BCUT2D eigenvalue weighted by atomic mass is 10.0. The molecule has 1 aromatic heterocycles. The lowest BCUT2D eigenvalue weighted by Crippen LogP contribution is -2.50. The first-order valence-electron chi connectivity index (χ1n) is 10.7. The Morgan fingerprint density at radius 2 is 1.66 bits per heavy atom. The van der Waals surface area contributed by atoms with Crippen LogP contribution in [0.5, 0.6) is 0 Å². The molecule has 0 spiro atoms. The zero-order chi connectivity index (χ0) is 23.0. The van der Waals surface area contributed by atoms with Gasteiger partial charge in [0.2, 0.25) is 10.0 Å². The molecular weight excluding hydrogens is 426 g/mol. The van der Waals surface area contributed by atoms with Gasteiger partial charge in [-0.05, 0) is 48.7 Å². The molecule has 0 saturated carbocycles. The third-order valence-electron chi connectivity index (χ3n) is 6.10. The number of H-pyrrole nitrogens is 1. The maximum absolute atomic E-state index is 13.2. The zero-order valence-electron chi connectivity index (χ0n) is 18.5. The Hall–Kier alpha value is -2.97. The van der Waals surface area contributed by atoms with Crippen molar-refractivity contribution in [3.05, 3.63) is 65.0 Å². The minimum Gasteiger partial charge on any atom is -0.354 e. The third-order valence-corrected chi connectivity index (χ3v) is 7.99. The third kappa shape index (κ3) is 3.84. The van der Waals surface area contributed by atoms with E-state index in [0.29, 0.717) is 36.5 Å². The molecule has 8 heteroatoms. The van der Waals surface area contributed by atoms with Crippen LogP contribution in [0.4, 0.5) is 0 Å². The Bertz CT molecular complexity index is 1300. The van der Waals surface area contributed by atoms with Crippen LogP contribution < -0.4 is 0 Å². The van der Waals surface area contributed by atoms with E-state index in [0.717, 1.165) is 16.3 Å². The Morgan fingerprint density at radius 3 is 2.28 bits per heavy atom. The fourth-order valence-corrected chi connectivity index (χ4v) is 5.91. The molecular formula is C24H27N3O4S. The number of benzene rings is 2. The first kappa shape index (κ1) is 22.2. The molecule has 168 valence electrons. The maximum atomic E-state index is 13.2. The van der Waals surface area contributed by atoms with Gasteiger partial charge in [0.25, 0.3) is 5.91 Å². The van der Waals surface area contributed by atoms with Gasteiger partial charge in [0.15, 0.2) is 5.78 Å². The van der Waals surface area contributed by atoms with Gasteiger partial charge >= 0.3 is 0 Å². The van der Waals surface area contributed by atoms with Crippen LogP contribution in [-0.2, 0) is 16.4 Å². The largest absolute Gasteiger partial charge is 0.354 e. The van der Waals surface area contributed by atoms with Crippen molar-refractivity contribution in [2.45, 2.75) is 32.1 Å². The van der Waals surface area contributed by atoms with E-state index in [4.69, 9.17) is 0 Å². The van der Waals surface area contributed by atoms with E-state index >= 15 is 0 Å². The molecule has 3 aromatic rings. The highest BCUT2D eigenvalue weighted by Crippen LogP contribution is 2.25. The topological polar surface area (TPSA) is 90.6 Å². The number of rotatable bonds is 5. The second kappa shape index (κ2) is 8.52. The number of nitrogens with one attached hydrogen (secondary N) is 1. The van der Waals surface area contributed by atoms with Gasteiger partial charge in [-0.3, -0.25) is 9.59 Å². The second-order valence-electron chi connectivity index (χ2n) is 8.09. The van der Waals surface area contributed by atoms with E-state index in [9.17, 15) is 18.0 Å². The summed E-state index contributed by atoms with van der Waals surface area (Å²) in [5.41, 5.74) is 2.43. The molecule has 1 aliphatic rings. The summed E-state index contributed by atoms with van der Waals surface area (Å²) in [5, 5.41) is 1.86. The fraction of sp³-hybridized carbons (Fsp3) is 0.333. The van der Waals surface area contributed by atoms with E-state index in [-0.39, 0.29) is 29.7 Å². The molecule has 2 heterocycles. The summed E-state index contributed by atoms with van der Waals surface area (Å²) in [4.78, 5) is 30.2. The number of sulfonamides is 1. The number of hydrogen-bond acceptors (Lipinski definition) is 4. The van der Waals surface area contributed by atoms with Gasteiger partial charge in [0, 0.05) is 37.4 Å². The van der Waals surface area contributed by atoms with E-state index in [2.05, 4.69) is 4.98 Å². The summed E-state index contributed by atoms with van der Waals surface area (Å²) in [6, 6.07) is 12.8. The van der Waals surface area contributed by atoms with E-state index in [1.807, 2.05) is 37.3 Å². The molecule has 0 radical (unpaired) electrons. The Morgan fingerprint density at radius 1 is 1.00 bits per heavy atom. The number of aryl methyl sites for hydroxylation is 1. The standard InChI is InChI=1S/C24H27N3O4S/c1-4-21-22(17(3)28)16(2)25-23(21)24(29)26-11-13-27(14-12-26)32(30,31)20-10-9-18-7-5-6-8-19(18)15-20/h5-10,15,25H,4,11-14H2,1-3H3. The van der Waals surface area contributed by atoms with Gasteiger partial charge < -0.3 is 9.88 Å². The van der Waals surface area contributed by atoms with Crippen LogP contribution in [0, 0.1) is 6.92 Å². The number of nitrogens with zero attached hydrogens (tertiary/aromatic N) is 2. The average molecular weight is 454 g/mol. The van der Waals surface area contributed by atoms with Gasteiger partial charge in [0.05, 0.1) is 4.90 Å². The molecule has 32 heavy (non-hydrogen) atoms. The normalized spacial score (nSPS) is 15.3. The molecule has 1 amide bonds. The number of aromatic nitrogens is 1. The molecule has 1 N–H and O–H groups in total. The van der Waals surface area contributed by atoms with Crippen molar-refractivity contribution in [1.29, 1.82) is 0 Å². The molecule has 7 nitrogen and oxygen atoms in total. The van der Waals surface area contributed by atoms with Crippen LogP contribution in [0.15, 0.2) is 47.4 Å². The van der Waals surface area contributed by atoms with Gasteiger partial charge in [0.1, 0.15) is 5.69 Å². The Balaban J connectivity index is 1.52. The number of piperazine rings is 1. The smallest absolute Gasteiger partial charge is 0.270 e. The SMILES string of the molecule is CCc1c(C(=O)N2CCN(S(=O)(=O)c3ccc4ccccc4c3)CC2)[nH]c(C)c1C(C)=O. The molecule has 1 fully saturated rings. The van der Waals surface area contributed by atoms with Crippen LogP contribution in [0.2, 0.25) is 0 Å². The van der Waals surface area contributed by atoms with Crippen molar-refractivity contribution < 1.29 is 18.0 Å². The highest BCUT2D eigenvalue weighted by molar-refractivity contribution is 7.89. The molecule has 0 unspecified atom stereocenters. The molecule has 1 aliphatic heterocycles. The fourth-order valence-electron chi connectivity index (χ4n) is 4.46. The van der Waals surface area contributed by atoms with Crippen molar-refractivity contribution in [1.82, 2.24) is 14.2 Å². The molecule has 0 bridgehead atoms. The highest BCUT2D eigenvalue weighted by atomic mass is 32.2. The number of carbonyl (C=O) groups excluding carboxylic acids is 2. The van der Waals surface area contributed by atoms with E-state index in [1.165, 1.54) is 11.2 Å². The quantitative estimate of drug-likeness (QED) is 0.600. The van der Waals surface area contributed by atoms with Gasteiger partial charge in [-0.15, -0.1) is 0 Å². The molecule has 0 aliphatic carbocycles. The molecule has 0 atom stereocenters. The summed E-state index contributed by atoms with van der Waals surface area (Å²) < 4.78 is 27.8. The highest BCUT2D eigenvalue weighted by Gasteiger charge is 2.32. The average Bonchev–Trinajstić information content (AvgIpc) is 3.14. The number of fused-ring (bicyclic) bond motifs is 1. The Kier molecular flexibility index (Phi) is 5.92. The molecule has 2 aromatic carbocycles. The first-order valence-corrected chi connectivity index (χ1v) is 12.2. The van der Waals surface area contributed by atoms with Crippen LogP contribution in [-0.4, -0.2) is 60.5 Å². The maximum Gasteiger partial charge on any atom is 0.270 e. The van der Waals surface area contributed by atoms with E-state index < -0.39 is 10.0 Å². The lowest BCUT2D eigenvalue weighted by Gasteiger charge is -2.34. The van der Waals surface area contributed by atoms with Crippen LogP contribution in [0.25, 0.3) is 10.8 Å². The number of aromatic amines is 1. The monoisotopic (exact) mass is 453 g/mol. The van der Waals surface area contributed by atoms with Crippen LogP contribution >= 0.6 is 0 Å². The zero-order valence-corrected chi connectivity index (χ0v) is 19.3. The number of amides is 1. The minimum absolute atomic E-state index is 0.0686. The summed E-state index contributed by atoms with van der Waals surface area (Å²) in [6.07, 6.45) is 0.566. The first-order chi connectivity index (χ1) is 15.2. The second-order valence-corrected chi connectivity index (χ2v) is 10.0. The van der Waals surface area contributed by atoms with Crippen molar-refractivity contribution in [3.8, 4) is 0 Å². The van der Waals surface area contributed by atoms with Crippen LogP contribution in [0.3, 0.4) is 0 Å². The van der Waals surface area contributed by atoms with Crippen molar-refractivity contribution in [3.63, 3.8) is 0 Å². The number of Topliss-reactive ketones (excluding diaryl/α,β-unsaturated/α-hetero) is 1. The van der Waals surface area contributed by atoms with Gasteiger partial charge in [-0.2, -0.15) is 4.31 Å². The van der Waals surface area contributed by atoms with Crippen molar-refractivity contribution in [2.75, 3.05) is 26.2 Å². The summed E-state index contributed by atoms with van der Waals surface area (Å²) in [5.74, 6) is -0.263. The predicted molar refractivity (Wildman–Crippen MR) is 124 cm³/mol. The Labute approximate surface area is 188 Å². The van der Waals surface area contributed by atoms with Crippen molar-refractivity contribution >= 4 is 32.5 Å². The molecule has 1 saturated heterocycles. The van der Waals surface area contributed by atoms with Crippen LogP contribution in [0.1, 0.15) is 46.0 Å². The lowest BCUT2D eigenvalue weighted by molar-refractivity contribution is 0.0691. The number of hydrogen-bond donors (Lipinski definition) is 1. The molecule has 4 rings (SSSR count). The van der Waals surface area contributed by atoms with Gasteiger partial charge in [-0.1, -0.05) is 37.3 Å². The number of carbonyl (C=O) groups is 2. The predicted octanol–water partition coefficient (Wildman–Crippen LogP) is 3.39. The summed E-state index contributed by atoms with van der Waals surface area (Å²) >= 11 is 0. The minimum atomic E-state index is -3.65.